The Morgan fingerprint density at radius 3 is 1.98 bits per heavy atom. The summed E-state index contributed by atoms with van der Waals surface area (Å²) >= 11 is 0. The summed E-state index contributed by atoms with van der Waals surface area (Å²) in [6, 6.07) is 28.2. The number of hydrogen-bond donors (Lipinski definition) is 2. The zero-order valence-electron chi connectivity index (χ0n) is 29.1. The Hall–Kier alpha value is -3.92. The number of H-pyrrole nitrogens is 1. The van der Waals surface area contributed by atoms with Gasteiger partial charge in [0.15, 0.2) is 0 Å². The maximum Gasteiger partial charge on any atom is 0.282 e. The van der Waals surface area contributed by atoms with E-state index in [1.54, 1.807) is 4.90 Å². The molecule has 1 aliphatic carbocycles. The van der Waals surface area contributed by atoms with Crippen molar-refractivity contribution in [3.63, 3.8) is 0 Å². The van der Waals surface area contributed by atoms with Crippen molar-refractivity contribution < 1.29 is 22.0 Å². The van der Waals surface area contributed by atoms with E-state index in [1.165, 1.54) is 12.1 Å². The van der Waals surface area contributed by atoms with Crippen molar-refractivity contribution in [2.45, 2.75) is 82.5 Å². The topological polar surface area (TPSA) is 40.3 Å². The molecule has 5 aromatic rings. The fourth-order valence-electron chi connectivity index (χ4n) is 8.09. The second-order valence-electron chi connectivity index (χ2n) is 15.1. The lowest BCUT2D eigenvalue weighted by atomic mass is 9.86. The highest BCUT2D eigenvalue weighted by Gasteiger charge is 2.52. The second kappa shape index (κ2) is 13.3. The summed E-state index contributed by atoms with van der Waals surface area (Å²) in [7, 11) is -3.27. The van der Waals surface area contributed by atoms with Crippen molar-refractivity contribution in [2.75, 3.05) is 18.5 Å². The zero-order chi connectivity index (χ0) is 35.3. The van der Waals surface area contributed by atoms with Crippen molar-refractivity contribution in [1.82, 2.24) is 9.88 Å². The molecule has 50 heavy (non-hydrogen) atoms. The number of rotatable bonds is 10. The predicted octanol–water partition coefficient (Wildman–Crippen LogP) is 8.96. The average Bonchev–Trinajstić information content (AvgIpc) is 3.42. The van der Waals surface area contributed by atoms with Gasteiger partial charge in [-0.2, -0.15) is 0 Å². The molecule has 4 nitrogen and oxygen atoms in total. The van der Waals surface area contributed by atoms with Gasteiger partial charge >= 0.3 is 0 Å². The number of aromatic nitrogens is 1. The van der Waals surface area contributed by atoms with Crippen LogP contribution in [0.1, 0.15) is 69.8 Å². The van der Waals surface area contributed by atoms with Crippen LogP contribution in [0, 0.1) is 11.6 Å². The Morgan fingerprint density at radius 1 is 0.840 bits per heavy atom. The highest BCUT2D eigenvalue weighted by Crippen LogP contribution is 2.45. The Balaban J connectivity index is 1.28. The first-order valence-corrected chi connectivity index (χ1v) is 19.5. The van der Waals surface area contributed by atoms with E-state index in [0.717, 1.165) is 46.2 Å². The number of benzene rings is 4. The lowest BCUT2D eigenvalue weighted by Crippen LogP contribution is -2.67. The zero-order valence-corrected chi connectivity index (χ0v) is 30.1. The minimum atomic E-state index is -3.36. The van der Waals surface area contributed by atoms with Gasteiger partial charge in [-0.15, -0.1) is 0 Å². The van der Waals surface area contributed by atoms with Crippen LogP contribution >= 0.6 is 0 Å². The average molecular weight is 700 g/mol. The third kappa shape index (κ3) is 6.28. The number of para-hydroxylation sites is 1. The number of aromatic amines is 1. The van der Waals surface area contributed by atoms with E-state index in [2.05, 4.69) is 10.3 Å². The van der Waals surface area contributed by atoms with Crippen molar-refractivity contribution in [1.29, 1.82) is 0 Å². The number of fused-ring (bicyclic) bond motifs is 3. The molecule has 0 spiro atoms. The molecule has 4 aromatic carbocycles. The summed E-state index contributed by atoms with van der Waals surface area (Å²) in [5.74, 6) is -4.86. The number of nitrogens with one attached hydrogen (secondary N) is 2. The molecule has 1 saturated carbocycles. The number of anilines is 1. The molecule has 0 saturated heterocycles. The van der Waals surface area contributed by atoms with Crippen LogP contribution < -0.4 is 15.7 Å². The van der Waals surface area contributed by atoms with Gasteiger partial charge in [0.1, 0.15) is 11.6 Å². The maximum absolute atomic E-state index is 16.7. The van der Waals surface area contributed by atoms with Crippen LogP contribution in [-0.2, 0) is 10.8 Å². The molecular weight excluding hydrogens is 655 g/mol. The Bertz CT molecular complexity index is 1890. The van der Waals surface area contributed by atoms with Crippen molar-refractivity contribution in [3.8, 4) is 0 Å². The second-order valence-corrected chi connectivity index (χ2v) is 19.4. The number of alkyl halides is 2. The molecule has 1 aliphatic heterocycles. The molecule has 0 amide bonds. The smallest absolute Gasteiger partial charge is 0.282 e. The van der Waals surface area contributed by atoms with Gasteiger partial charge in [0, 0.05) is 51.9 Å². The van der Waals surface area contributed by atoms with Crippen LogP contribution in [0.2, 0.25) is 5.04 Å². The van der Waals surface area contributed by atoms with Crippen LogP contribution in [0.3, 0.4) is 0 Å². The lowest BCUT2D eigenvalue weighted by molar-refractivity contribution is -0.0823. The highest BCUT2D eigenvalue weighted by molar-refractivity contribution is 6.99. The molecular formula is C41H45F4N3OSi. The van der Waals surface area contributed by atoms with E-state index in [4.69, 9.17) is 4.43 Å². The van der Waals surface area contributed by atoms with Gasteiger partial charge in [-0.1, -0.05) is 99.6 Å². The predicted molar refractivity (Wildman–Crippen MR) is 196 cm³/mol. The summed E-state index contributed by atoms with van der Waals surface area (Å²) in [6.07, 6.45) is 3.40. The van der Waals surface area contributed by atoms with Gasteiger partial charge < -0.3 is 14.7 Å². The van der Waals surface area contributed by atoms with Crippen LogP contribution in [0.5, 0.6) is 0 Å². The summed E-state index contributed by atoms with van der Waals surface area (Å²) in [5.41, 5.74) is 2.40. The highest BCUT2D eigenvalue weighted by atomic mass is 28.4. The molecule has 1 fully saturated rings. The molecule has 0 bridgehead atoms. The maximum atomic E-state index is 16.7. The fraction of sp³-hybridized carbons (Fsp3) is 0.366. The first kappa shape index (κ1) is 34.5. The van der Waals surface area contributed by atoms with E-state index >= 15 is 17.6 Å². The SMILES string of the molecule is CC1Cc2[nH]c3ccccc3c2C(c2c(F)cc(NC3CCC3)cc2F)N1CC(F)(F)CO[Si](c1ccccc1)(c1ccccc1)C(C)(C)C. The normalized spacial score (nSPS) is 19.0. The molecule has 2 N–H and O–H groups in total. The van der Waals surface area contributed by atoms with Gasteiger partial charge in [0.2, 0.25) is 0 Å². The first-order valence-electron chi connectivity index (χ1n) is 17.6. The van der Waals surface area contributed by atoms with Gasteiger partial charge in [0.05, 0.1) is 19.2 Å². The van der Waals surface area contributed by atoms with E-state index in [1.807, 2.05) is 113 Å². The summed E-state index contributed by atoms with van der Waals surface area (Å²) in [5, 5.41) is 5.32. The molecule has 2 aliphatic rings. The molecule has 262 valence electrons. The molecule has 2 atom stereocenters. The standard InChI is InChI=1S/C41H45F4N3OSi/c1-27-22-36-37(32-20-11-12-21-35(32)47-36)39(38-33(42)23-29(24-34(38)43)46-28-14-13-15-28)48(27)25-41(44,45)26-49-50(40(2,3)4,30-16-7-5-8-17-30)31-18-9-6-10-19-31/h5-12,16-21,23-24,27-28,39,46-47H,13-15,22,25-26H2,1-4H3. The van der Waals surface area contributed by atoms with E-state index in [0.29, 0.717) is 17.7 Å². The third-order valence-corrected chi connectivity index (χ3v) is 15.6. The summed E-state index contributed by atoms with van der Waals surface area (Å²) < 4.78 is 72.7. The molecule has 2 unspecified atom stereocenters. The molecule has 0 radical (unpaired) electrons. The Morgan fingerprint density at radius 2 is 1.42 bits per heavy atom. The molecule has 9 heteroatoms. The van der Waals surface area contributed by atoms with Gasteiger partial charge in [-0.25, -0.2) is 17.6 Å². The van der Waals surface area contributed by atoms with Crippen LogP contribution in [-0.4, -0.2) is 49.4 Å². The van der Waals surface area contributed by atoms with Crippen molar-refractivity contribution in [2.24, 2.45) is 0 Å². The minimum Gasteiger partial charge on any atom is -0.401 e. The van der Waals surface area contributed by atoms with Gasteiger partial charge in [0.25, 0.3) is 14.2 Å². The van der Waals surface area contributed by atoms with E-state index < -0.39 is 56.1 Å². The molecule has 1 aromatic heterocycles. The summed E-state index contributed by atoms with van der Waals surface area (Å²) in [6.45, 7) is 6.42. The largest absolute Gasteiger partial charge is 0.401 e. The van der Waals surface area contributed by atoms with Crippen LogP contribution in [0.15, 0.2) is 97.1 Å². The van der Waals surface area contributed by atoms with Crippen molar-refractivity contribution in [3.05, 3.63) is 126 Å². The summed E-state index contributed by atoms with van der Waals surface area (Å²) in [4.78, 5) is 5.01. The molecule has 2 heterocycles. The van der Waals surface area contributed by atoms with Crippen LogP contribution in [0.4, 0.5) is 23.2 Å². The van der Waals surface area contributed by atoms with Gasteiger partial charge in [-0.05, 0) is 59.8 Å². The number of hydrogen-bond acceptors (Lipinski definition) is 3. The number of nitrogens with zero attached hydrogens (tertiary/aromatic N) is 1. The first-order chi connectivity index (χ1) is 23.9. The van der Waals surface area contributed by atoms with Crippen LogP contribution in [0.25, 0.3) is 10.9 Å². The minimum absolute atomic E-state index is 0.181. The van der Waals surface area contributed by atoms with Gasteiger partial charge in [-0.3, -0.25) is 4.90 Å². The Kier molecular flexibility index (Phi) is 9.20. The monoisotopic (exact) mass is 699 g/mol. The van der Waals surface area contributed by atoms with E-state index in [-0.39, 0.29) is 11.6 Å². The third-order valence-electron chi connectivity index (χ3n) is 10.7. The molecule has 7 rings (SSSR count). The number of halogens is 4. The quantitative estimate of drug-likeness (QED) is 0.113. The fourth-order valence-corrected chi connectivity index (χ4v) is 12.7. The lowest BCUT2D eigenvalue weighted by Gasteiger charge is -2.45. The van der Waals surface area contributed by atoms with Crippen molar-refractivity contribution >= 4 is 35.3 Å². The Labute approximate surface area is 293 Å². The van der Waals surface area contributed by atoms with E-state index in [9.17, 15) is 0 Å².